The number of hydrogen-bond acceptors (Lipinski definition) is 4. The fourth-order valence-electron chi connectivity index (χ4n) is 2.30. The van der Waals surface area contributed by atoms with Gasteiger partial charge in [0.25, 0.3) is 5.91 Å². The predicted molar refractivity (Wildman–Crippen MR) is 84.1 cm³/mol. The Morgan fingerprint density at radius 3 is 2.74 bits per heavy atom. The zero-order valence-corrected chi connectivity index (χ0v) is 12.0. The van der Waals surface area contributed by atoms with Gasteiger partial charge in [-0.2, -0.15) is 0 Å². The van der Waals surface area contributed by atoms with E-state index in [4.69, 9.17) is 10.2 Å². The van der Waals surface area contributed by atoms with E-state index in [0.717, 1.165) is 0 Å². The Morgan fingerprint density at radius 1 is 1.17 bits per heavy atom. The Balaban J connectivity index is 1.78. The summed E-state index contributed by atoms with van der Waals surface area (Å²) in [5, 5.41) is 2.66. The Kier molecular flexibility index (Phi) is 3.68. The van der Waals surface area contributed by atoms with Crippen LogP contribution < -0.4 is 16.8 Å². The molecule has 7 nitrogen and oxygen atoms in total. The number of aromatic amines is 1. The van der Waals surface area contributed by atoms with Crippen molar-refractivity contribution in [3.05, 3.63) is 64.1 Å². The maximum absolute atomic E-state index is 12.1. The lowest BCUT2D eigenvalue weighted by Crippen LogP contribution is -2.19. The van der Waals surface area contributed by atoms with E-state index in [-0.39, 0.29) is 17.9 Å². The molecular formula is C16H13N3O4. The first-order chi connectivity index (χ1) is 11.0. The summed E-state index contributed by atoms with van der Waals surface area (Å²) < 4.78 is 4.90. The van der Waals surface area contributed by atoms with Crippen LogP contribution in [0.2, 0.25) is 0 Å². The first-order valence-electron chi connectivity index (χ1n) is 6.83. The highest BCUT2D eigenvalue weighted by Gasteiger charge is 2.11. The molecule has 1 heterocycles. The number of benzene rings is 2. The van der Waals surface area contributed by atoms with E-state index in [2.05, 4.69) is 10.3 Å². The number of carbonyl (C=O) groups is 2. The molecule has 0 aliphatic rings. The normalized spacial score (nSPS) is 10.6. The van der Waals surface area contributed by atoms with Crippen molar-refractivity contribution < 1.29 is 14.0 Å². The average Bonchev–Trinajstić information content (AvgIpc) is 2.86. The van der Waals surface area contributed by atoms with Gasteiger partial charge in [-0.3, -0.25) is 14.6 Å². The van der Waals surface area contributed by atoms with Crippen molar-refractivity contribution >= 4 is 28.6 Å². The molecule has 4 N–H and O–H groups in total. The number of H-pyrrole nitrogens is 1. The minimum Gasteiger partial charge on any atom is -0.408 e. The van der Waals surface area contributed by atoms with E-state index >= 15 is 0 Å². The molecule has 0 unspecified atom stereocenters. The van der Waals surface area contributed by atoms with Crippen LogP contribution in [0.3, 0.4) is 0 Å². The van der Waals surface area contributed by atoms with Crippen molar-refractivity contribution in [3.8, 4) is 0 Å². The van der Waals surface area contributed by atoms with Crippen LogP contribution in [0.15, 0.2) is 51.7 Å². The lowest BCUT2D eigenvalue weighted by Gasteiger charge is -2.08. The summed E-state index contributed by atoms with van der Waals surface area (Å²) in [6.45, 7) is 0. The van der Waals surface area contributed by atoms with Gasteiger partial charge in [-0.15, -0.1) is 0 Å². The predicted octanol–water partition coefficient (Wildman–Crippen LogP) is 1.40. The van der Waals surface area contributed by atoms with E-state index in [1.54, 1.807) is 42.5 Å². The largest absolute Gasteiger partial charge is 0.417 e. The van der Waals surface area contributed by atoms with Crippen molar-refractivity contribution in [1.82, 2.24) is 4.98 Å². The first kappa shape index (κ1) is 14.6. The molecule has 1 aromatic heterocycles. The maximum Gasteiger partial charge on any atom is 0.417 e. The summed E-state index contributed by atoms with van der Waals surface area (Å²) in [6, 6.07) is 11.5. The molecule has 0 fully saturated rings. The third-order valence-electron chi connectivity index (χ3n) is 3.31. The second kappa shape index (κ2) is 5.80. The molecule has 0 spiro atoms. The minimum absolute atomic E-state index is 0.0796. The molecule has 0 atom stereocenters. The van der Waals surface area contributed by atoms with Crippen LogP contribution in [0.5, 0.6) is 0 Å². The molecule has 3 aromatic rings. The van der Waals surface area contributed by atoms with Gasteiger partial charge in [0.2, 0.25) is 5.91 Å². The molecule has 0 saturated heterocycles. The van der Waals surface area contributed by atoms with Crippen molar-refractivity contribution in [3.63, 3.8) is 0 Å². The van der Waals surface area contributed by atoms with E-state index in [1.165, 1.54) is 0 Å². The Labute approximate surface area is 130 Å². The maximum atomic E-state index is 12.1. The van der Waals surface area contributed by atoms with Gasteiger partial charge in [-0.25, -0.2) is 4.79 Å². The molecule has 0 radical (unpaired) electrons. The number of rotatable bonds is 4. The minimum atomic E-state index is -0.613. The molecule has 116 valence electrons. The number of primary amides is 1. The molecule has 3 rings (SSSR count). The van der Waals surface area contributed by atoms with Gasteiger partial charge in [-0.1, -0.05) is 18.2 Å². The highest BCUT2D eigenvalue weighted by molar-refractivity contribution is 6.03. The molecule has 0 saturated carbocycles. The van der Waals surface area contributed by atoms with Crippen LogP contribution in [-0.2, 0) is 11.2 Å². The van der Waals surface area contributed by atoms with Gasteiger partial charge >= 0.3 is 5.76 Å². The number of oxazole rings is 1. The molecule has 2 aromatic carbocycles. The SMILES string of the molecule is NC(=O)c1ccccc1NC(=O)Cc1ccc2oc(=O)[nH]c2c1. The van der Waals surface area contributed by atoms with Crippen molar-refractivity contribution in [2.45, 2.75) is 6.42 Å². The van der Waals surface area contributed by atoms with Gasteiger partial charge in [0.05, 0.1) is 23.2 Å². The highest BCUT2D eigenvalue weighted by atomic mass is 16.4. The van der Waals surface area contributed by atoms with Crippen LogP contribution in [0, 0.1) is 0 Å². The third kappa shape index (κ3) is 3.13. The smallest absolute Gasteiger partial charge is 0.408 e. The molecule has 0 aliphatic heterocycles. The number of nitrogens with two attached hydrogens (primary N) is 1. The van der Waals surface area contributed by atoms with Crippen molar-refractivity contribution in [2.24, 2.45) is 5.73 Å². The molecule has 2 amide bonds. The topological polar surface area (TPSA) is 118 Å². The zero-order chi connectivity index (χ0) is 16.4. The Hall–Kier alpha value is -3.35. The molecule has 23 heavy (non-hydrogen) atoms. The van der Waals surface area contributed by atoms with Crippen molar-refractivity contribution in [1.29, 1.82) is 0 Å². The lowest BCUT2D eigenvalue weighted by molar-refractivity contribution is -0.115. The van der Waals surface area contributed by atoms with E-state index in [0.29, 0.717) is 22.4 Å². The van der Waals surface area contributed by atoms with Crippen LogP contribution >= 0.6 is 0 Å². The van der Waals surface area contributed by atoms with E-state index in [1.807, 2.05) is 0 Å². The molecule has 7 heteroatoms. The summed E-state index contributed by atoms with van der Waals surface area (Å²) in [7, 11) is 0. The molecule has 0 bridgehead atoms. The fraction of sp³-hybridized carbons (Fsp3) is 0.0625. The summed E-state index contributed by atoms with van der Waals surface area (Å²) >= 11 is 0. The van der Waals surface area contributed by atoms with Crippen LogP contribution in [0.4, 0.5) is 5.69 Å². The average molecular weight is 311 g/mol. The number of aromatic nitrogens is 1. The van der Waals surface area contributed by atoms with E-state index in [9.17, 15) is 14.4 Å². The Morgan fingerprint density at radius 2 is 1.96 bits per heavy atom. The summed E-state index contributed by atoms with van der Waals surface area (Å²) in [5.74, 6) is -1.46. The quantitative estimate of drug-likeness (QED) is 0.674. The van der Waals surface area contributed by atoms with E-state index < -0.39 is 11.7 Å². The fourth-order valence-corrected chi connectivity index (χ4v) is 2.30. The number of nitrogens with one attached hydrogen (secondary N) is 2. The zero-order valence-electron chi connectivity index (χ0n) is 12.0. The number of carbonyl (C=O) groups excluding carboxylic acids is 2. The Bertz CT molecular complexity index is 955. The molecular weight excluding hydrogens is 298 g/mol. The number of para-hydroxylation sites is 1. The highest BCUT2D eigenvalue weighted by Crippen LogP contribution is 2.16. The van der Waals surface area contributed by atoms with Gasteiger partial charge in [0, 0.05) is 0 Å². The number of hydrogen-bond donors (Lipinski definition) is 3. The van der Waals surface area contributed by atoms with Crippen LogP contribution in [-0.4, -0.2) is 16.8 Å². The van der Waals surface area contributed by atoms with Gasteiger partial charge in [0.1, 0.15) is 0 Å². The summed E-state index contributed by atoms with van der Waals surface area (Å²) in [6.07, 6.45) is 0.0796. The molecule has 0 aliphatic carbocycles. The lowest BCUT2D eigenvalue weighted by atomic mass is 10.1. The number of fused-ring (bicyclic) bond motifs is 1. The van der Waals surface area contributed by atoms with Gasteiger partial charge in [0.15, 0.2) is 5.58 Å². The second-order valence-corrected chi connectivity index (χ2v) is 4.98. The standard InChI is InChI=1S/C16H13N3O4/c17-15(21)10-3-1-2-4-11(10)18-14(20)8-9-5-6-13-12(7-9)19-16(22)23-13/h1-7H,8H2,(H2,17,21)(H,18,20)(H,19,22). The number of amides is 2. The monoisotopic (exact) mass is 311 g/mol. The first-order valence-corrected chi connectivity index (χ1v) is 6.83. The summed E-state index contributed by atoms with van der Waals surface area (Å²) in [5.41, 5.74) is 7.54. The number of anilines is 1. The van der Waals surface area contributed by atoms with Gasteiger partial charge < -0.3 is 15.5 Å². The third-order valence-corrected chi connectivity index (χ3v) is 3.31. The van der Waals surface area contributed by atoms with Crippen molar-refractivity contribution in [2.75, 3.05) is 5.32 Å². The van der Waals surface area contributed by atoms with Crippen LogP contribution in [0.25, 0.3) is 11.1 Å². The second-order valence-electron chi connectivity index (χ2n) is 4.98. The van der Waals surface area contributed by atoms with Crippen LogP contribution in [0.1, 0.15) is 15.9 Å². The summed E-state index contributed by atoms with van der Waals surface area (Å²) in [4.78, 5) is 37.1. The van der Waals surface area contributed by atoms with Gasteiger partial charge in [-0.05, 0) is 29.8 Å².